The third-order valence-electron chi connectivity index (χ3n) is 6.40. The van der Waals surface area contributed by atoms with Crippen LogP contribution in [0, 0.1) is 18.3 Å². The van der Waals surface area contributed by atoms with E-state index in [0.717, 1.165) is 40.4 Å². The first-order valence-electron chi connectivity index (χ1n) is 9.15. The van der Waals surface area contributed by atoms with Crippen LogP contribution in [0.1, 0.15) is 55.2 Å². The Kier molecular flexibility index (Phi) is 3.90. The maximum atomic E-state index is 12.7. The Morgan fingerprint density at radius 2 is 1.92 bits per heavy atom. The lowest BCUT2D eigenvalue weighted by molar-refractivity contribution is -0.142. The number of hydrogen-bond donors (Lipinski definition) is 0. The van der Waals surface area contributed by atoms with E-state index in [9.17, 15) is 4.79 Å². The van der Waals surface area contributed by atoms with Crippen molar-refractivity contribution in [1.82, 2.24) is 0 Å². The summed E-state index contributed by atoms with van der Waals surface area (Å²) in [6, 6.07) is 4.02. The standard InChI is InChI=1S/C21H26O3/c1-14-11-17(23-2)12-16-3-4-18(19(14)16)20(22)24-13-21-8-5-15(6-9-21)7-10-21/h4,11-12,15H,3,5-10,13H2,1-2H3. The molecule has 2 bridgehead atoms. The lowest BCUT2D eigenvalue weighted by Crippen LogP contribution is -2.38. The second kappa shape index (κ2) is 5.94. The molecule has 0 heterocycles. The Bertz CT molecular complexity index is 680. The molecule has 0 radical (unpaired) electrons. The minimum absolute atomic E-state index is 0.149. The molecular weight excluding hydrogens is 300 g/mol. The monoisotopic (exact) mass is 326 g/mol. The number of allylic oxidation sites excluding steroid dienone is 1. The van der Waals surface area contributed by atoms with Gasteiger partial charge in [-0.15, -0.1) is 0 Å². The molecule has 1 aromatic rings. The fourth-order valence-corrected chi connectivity index (χ4v) is 4.84. The maximum absolute atomic E-state index is 12.7. The molecule has 3 heteroatoms. The predicted octanol–water partition coefficient (Wildman–Crippen LogP) is 4.46. The first-order chi connectivity index (χ1) is 11.6. The van der Waals surface area contributed by atoms with E-state index in [1.165, 1.54) is 38.5 Å². The quantitative estimate of drug-likeness (QED) is 0.767. The van der Waals surface area contributed by atoms with Crippen LogP contribution in [0.3, 0.4) is 0 Å². The first-order valence-corrected chi connectivity index (χ1v) is 9.15. The molecule has 5 rings (SSSR count). The van der Waals surface area contributed by atoms with Gasteiger partial charge in [0.25, 0.3) is 0 Å². The molecule has 3 nitrogen and oxygen atoms in total. The van der Waals surface area contributed by atoms with Crippen molar-refractivity contribution in [3.63, 3.8) is 0 Å². The summed E-state index contributed by atoms with van der Waals surface area (Å²) in [5.74, 6) is 1.64. The Morgan fingerprint density at radius 3 is 2.58 bits per heavy atom. The molecule has 0 N–H and O–H groups in total. The average Bonchev–Trinajstić information content (AvgIpc) is 3.06. The largest absolute Gasteiger partial charge is 0.497 e. The highest BCUT2D eigenvalue weighted by molar-refractivity contribution is 6.18. The number of fused-ring (bicyclic) bond motifs is 4. The Balaban J connectivity index is 1.47. The number of hydrogen-bond acceptors (Lipinski definition) is 3. The maximum Gasteiger partial charge on any atom is 0.338 e. The number of ether oxygens (including phenoxy) is 2. The van der Waals surface area contributed by atoms with Crippen molar-refractivity contribution in [2.75, 3.05) is 13.7 Å². The predicted molar refractivity (Wildman–Crippen MR) is 94.0 cm³/mol. The molecular formula is C21H26O3. The van der Waals surface area contributed by atoms with Gasteiger partial charge in [-0.05, 0) is 86.6 Å². The Hall–Kier alpha value is -1.77. The lowest BCUT2D eigenvalue weighted by Gasteiger charge is -2.46. The van der Waals surface area contributed by atoms with Gasteiger partial charge in [0.2, 0.25) is 0 Å². The zero-order chi connectivity index (χ0) is 16.7. The van der Waals surface area contributed by atoms with Gasteiger partial charge in [-0.2, -0.15) is 0 Å². The molecule has 0 saturated heterocycles. The van der Waals surface area contributed by atoms with E-state index in [0.29, 0.717) is 6.61 Å². The minimum Gasteiger partial charge on any atom is -0.497 e. The van der Waals surface area contributed by atoms with Crippen LogP contribution in [0.4, 0.5) is 0 Å². The van der Waals surface area contributed by atoms with Gasteiger partial charge in [0, 0.05) is 5.41 Å². The van der Waals surface area contributed by atoms with Crippen molar-refractivity contribution in [1.29, 1.82) is 0 Å². The SMILES string of the molecule is COc1cc(C)c2c(c1)CC=C2C(=O)OCC12CCC(CC1)CC2. The zero-order valence-corrected chi connectivity index (χ0v) is 14.7. The van der Waals surface area contributed by atoms with Crippen LogP contribution in [0.2, 0.25) is 0 Å². The van der Waals surface area contributed by atoms with Crippen molar-refractivity contribution < 1.29 is 14.3 Å². The van der Waals surface area contributed by atoms with E-state index in [4.69, 9.17) is 9.47 Å². The van der Waals surface area contributed by atoms with E-state index in [1.54, 1.807) is 7.11 Å². The summed E-state index contributed by atoms with van der Waals surface area (Å²) < 4.78 is 11.2. The Labute approximate surface area is 144 Å². The normalized spacial score (nSPS) is 27.6. The summed E-state index contributed by atoms with van der Waals surface area (Å²) >= 11 is 0. The molecule has 0 amide bonds. The molecule has 0 unspecified atom stereocenters. The number of esters is 1. The highest BCUT2D eigenvalue weighted by Gasteiger charge is 2.41. The van der Waals surface area contributed by atoms with Crippen molar-refractivity contribution >= 4 is 11.5 Å². The van der Waals surface area contributed by atoms with Gasteiger partial charge < -0.3 is 9.47 Å². The average molecular weight is 326 g/mol. The fourth-order valence-electron chi connectivity index (χ4n) is 4.84. The van der Waals surface area contributed by atoms with Crippen LogP contribution in [0.5, 0.6) is 5.75 Å². The number of carbonyl (C=O) groups is 1. The van der Waals surface area contributed by atoms with Gasteiger partial charge in [-0.1, -0.05) is 6.08 Å². The summed E-state index contributed by atoms with van der Waals surface area (Å²) in [7, 11) is 1.68. The lowest BCUT2D eigenvalue weighted by atomic mass is 9.61. The van der Waals surface area contributed by atoms with Crippen molar-refractivity contribution in [2.24, 2.45) is 11.3 Å². The smallest absolute Gasteiger partial charge is 0.338 e. The summed E-state index contributed by atoms with van der Waals surface area (Å²) in [6.45, 7) is 2.63. The molecule has 0 aliphatic heterocycles. The molecule has 3 fully saturated rings. The van der Waals surface area contributed by atoms with Crippen LogP contribution >= 0.6 is 0 Å². The van der Waals surface area contributed by atoms with Gasteiger partial charge in [0.1, 0.15) is 5.75 Å². The van der Waals surface area contributed by atoms with Crippen molar-refractivity contribution in [3.8, 4) is 5.75 Å². The first kappa shape index (κ1) is 15.7. The molecule has 0 aromatic heterocycles. The minimum atomic E-state index is -0.149. The summed E-state index contributed by atoms with van der Waals surface area (Å²) in [5, 5.41) is 0. The summed E-state index contributed by atoms with van der Waals surface area (Å²) in [6.07, 6.45) is 10.5. The van der Waals surface area contributed by atoms with E-state index < -0.39 is 0 Å². The molecule has 0 atom stereocenters. The van der Waals surface area contributed by atoms with Gasteiger partial charge in [0.05, 0.1) is 19.3 Å². The summed E-state index contributed by atoms with van der Waals surface area (Å²) in [5.41, 5.74) is 4.30. The molecule has 4 aliphatic carbocycles. The third kappa shape index (κ3) is 2.64. The van der Waals surface area contributed by atoms with Crippen LogP contribution in [0.15, 0.2) is 18.2 Å². The van der Waals surface area contributed by atoms with Crippen molar-refractivity contribution in [2.45, 2.75) is 51.9 Å². The van der Waals surface area contributed by atoms with E-state index >= 15 is 0 Å². The van der Waals surface area contributed by atoms with Gasteiger partial charge in [-0.3, -0.25) is 0 Å². The molecule has 3 saturated carbocycles. The topological polar surface area (TPSA) is 35.5 Å². The van der Waals surface area contributed by atoms with E-state index in [2.05, 4.69) is 0 Å². The Morgan fingerprint density at radius 1 is 1.21 bits per heavy atom. The van der Waals surface area contributed by atoms with Crippen LogP contribution in [-0.4, -0.2) is 19.7 Å². The number of benzene rings is 1. The number of carbonyl (C=O) groups excluding carboxylic acids is 1. The van der Waals surface area contributed by atoms with E-state index in [-0.39, 0.29) is 11.4 Å². The zero-order valence-electron chi connectivity index (χ0n) is 14.7. The number of methoxy groups -OCH3 is 1. The highest BCUT2D eigenvalue weighted by atomic mass is 16.5. The van der Waals surface area contributed by atoms with Gasteiger partial charge in [0.15, 0.2) is 0 Å². The summed E-state index contributed by atoms with van der Waals surface area (Å²) in [4.78, 5) is 12.7. The highest BCUT2D eigenvalue weighted by Crippen LogP contribution is 2.50. The molecule has 24 heavy (non-hydrogen) atoms. The van der Waals surface area contributed by atoms with Crippen LogP contribution in [-0.2, 0) is 16.0 Å². The number of aryl methyl sites for hydroxylation is 1. The van der Waals surface area contributed by atoms with Crippen molar-refractivity contribution in [3.05, 3.63) is 34.9 Å². The molecule has 1 aromatic carbocycles. The number of rotatable bonds is 4. The molecule has 0 spiro atoms. The van der Waals surface area contributed by atoms with E-state index in [1.807, 2.05) is 25.1 Å². The van der Waals surface area contributed by atoms with Crippen LogP contribution in [0.25, 0.3) is 5.57 Å². The van der Waals surface area contributed by atoms with Crippen LogP contribution < -0.4 is 4.74 Å². The second-order valence-electron chi connectivity index (χ2n) is 7.86. The van der Waals surface area contributed by atoms with Gasteiger partial charge >= 0.3 is 5.97 Å². The fraction of sp³-hybridized carbons (Fsp3) is 0.571. The molecule has 4 aliphatic rings. The third-order valence-corrected chi connectivity index (χ3v) is 6.40. The van der Waals surface area contributed by atoms with Gasteiger partial charge in [-0.25, -0.2) is 4.79 Å². The second-order valence-corrected chi connectivity index (χ2v) is 7.86. The molecule has 128 valence electrons.